The van der Waals surface area contributed by atoms with Gasteiger partial charge in [-0.3, -0.25) is 9.78 Å². The fourth-order valence-corrected chi connectivity index (χ4v) is 2.75. The van der Waals surface area contributed by atoms with Crippen LogP contribution in [-0.4, -0.2) is 23.2 Å². The van der Waals surface area contributed by atoms with E-state index >= 15 is 0 Å². The number of nitrogens with zero attached hydrogens (tertiary/aromatic N) is 1. The Kier molecular flexibility index (Phi) is 6.26. The van der Waals surface area contributed by atoms with Gasteiger partial charge in [-0.2, -0.15) is 0 Å². The van der Waals surface area contributed by atoms with Gasteiger partial charge in [0.1, 0.15) is 6.29 Å². The maximum absolute atomic E-state index is 12.7. The van der Waals surface area contributed by atoms with E-state index in [4.69, 9.17) is 0 Å². The lowest BCUT2D eigenvalue weighted by Gasteiger charge is -2.14. The number of carbonyl (C=O) groups excluding carboxylic acids is 2. The molecule has 0 saturated carbocycles. The topological polar surface area (TPSA) is 59.1 Å². The molecule has 1 atom stereocenters. The molecule has 0 aliphatic heterocycles. The maximum atomic E-state index is 12.7. The van der Waals surface area contributed by atoms with Crippen LogP contribution in [0.3, 0.4) is 0 Å². The minimum Gasteiger partial charge on any atom is -0.342 e. The number of aromatic nitrogens is 1. The van der Waals surface area contributed by atoms with Crippen LogP contribution < -0.4 is 5.32 Å². The Morgan fingerprint density at radius 1 is 0.926 bits per heavy atom. The van der Waals surface area contributed by atoms with Crippen molar-refractivity contribution in [3.63, 3.8) is 0 Å². The normalized spacial score (nSPS) is 11.9. The van der Waals surface area contributed by atoms with Gasteiger partial charge in [0.2, 0.25) is 0 Å². The number of nitrogens with one attached hydrogen (secondary N) is 1. The van der Waals surface area contributed by atoms with Gasteiger partial charge in [0.25, 0.3) is 5.91 Å². The molecule has 4 heteroatoms. The highest BCUT2D eigenvalue weighted by Gasteiger charge is 2.15. The van der Waals surface area contributed by atoms with Crippen LogP contribution in [0.2, 0.25) is 0 Å². The highest BCUT2D eigenvalue weighted by molar-refractivity contribution is 5.99. The number of hydrogen-bond donors (Lipinski definition) is 1. The molecule has 0 spiro atoms. The standard InChI is InChI=1S/C23H20N2O2/c26-17-21(16-18-8-2-1-3-9-18)25-23(27)22-12-5-4-10-19(22)13-14-20-11-6-7-15-24-20/h1-15,17,21H,16H2,(H,25,27). The van der Waals surface area contributed by atoms with Crippen LogP contribution >= 0.6 is 0 Å². The summed E-state index contributed by atoms with van der Waals surface area (Å²) in [5.41, 5.74) is 3.09. The van der Waals surface area contributed by atoms with Gasteiger partial charge in [-0.1, -0.05) is 60.7 Å². The van der Waals surface area contributed by atoms with Gasteiger partial charge < -0.3 is 10.1 Å². The second-order valence-electron chi connectivity index (χ2n) is 6.08. The highest BCUT2D eigenvalue weighted by Crippen LogP contribution is 2.13. The smallest absolute Gasteiger partial charge is 0.252 e. The van der Waals surface area contributed by atoms with Crippen molar-refractivity contribution in [2.45, 2.75) is 12.5 Å². The van der Waals surface area contributed by atoms with Crippen LogP contribution in [0.15, 0.2) is 79.0 Å². The summed E-state index contributed by atoms with van der Waals surface area (Å²) in [5.74, 6) is -0.274. The van der Waals surface area contributed by atoms with Gasteiger partial charge in [0, 0.05) is 11.8 Å². The van der Waals surface area contributed by atoms with Crippen molar-refractivity contribution in [2.24, 2.45) is 0 Å². The third kappa shape index (κ3) is 5.22. The van der Waals surface area contributed by atoms with Gasteiger partial charge in [-0.25, -0.2) is 0 Å². The first-order chi connectivity index (χ1) is 13.3. The number of pyridine rings is 1. The quantitative estimate of drug-likeness (QED) is 0.655. The van der Waals surface area contributed by atoms with Crippen molar-refractivity contribution < 1.29 is 9.59 Å². The largest absolute Gasteiger partial charge is 0.342 e. The van der Waals surface area contributed by atoms with Crippen molar-refractivity contribution in [1.82, 2.24) is 10.3 Å². The molecule has 4 nitrogen and oxygen atoms in total. The Morgan fingerprint density at radius 3 is 2.41 bits per heavy atom. The van der Waals surface area contributed by atoms with Crippen LogP contribution in [0.5, 0.6) is 0 Å². The van der Waals surface area contributed by atoms with Crippen LogP contribution in [-0.2, 0) is 11.2 Å². The van der Waals surface area contributed by atoms with Crippen molar-refractivity contribution in [3.05, 3.63) is 101 Å². The van der Waals surface area contributed by atoms with Gasteiger partial charge in [0.15, 0.2) is 0 Å². The average Bonchev–Trinajstić information content (AvgIpc) is 2.73. The van der Waals surface area contributed by atoms with Crippen LogP contribution in [0.4, 0.5) is 0 Å². The van der Waals surface area contributed by atoms with Crippen LogP contribution in [0, 0.1) is 0 Å². The fourth-order valence-electron chi connectivity index (χ4n) is 2.75. The zero-order valence-corrected chi connectivity index (χ0v) is 14.8. The van der Waals surface area contributed by atoms with Crippen molar-refractivity contribution >= 4 is 24.3 Å². The molecule has 1 amide bonds. The molecular formula is C23H20N2O2. The molecule has 0 aliphatic carbocycles. The molecule has 3 rings (SSSR count). The van der Waals surface area contributed by atoms with E-state index in [-0.39, 0.29) is 5.91 Å². The van der Waals surface area contributed by atoms with E-state index < -0.39 is 6.04 Å². The van der Waals surface area contributed by atoms with Crippen LogP contribution in [0.1, 0.15) is 27.2 Å². The molecule has 0 saturated heterocycles. The third-order valence-electron chi connectivity index (χ3n) is 4.11. The number of benzene rings is 2. The summed E-state index contributed by atoms with van der Waals surface area (Å²) in [6.07, 6.45) is 6.66. The molecule has 2 aromatic carbocycles. The zero-order chi connectivity index (χ0) is 18.9. The first-order valence-corrected chi connectivity index (χ1v) is 8.74. The predicted molar refractivity (Wildman–Crippen MR) is 107 cm³/mol. The molecule has 1 unspecified atom stereocenters. The molecule has 1 heterocycles. The Bertz CT molecular complexity index is 921. The average molecular weight is 356 g/mol. The van der Waals surface area contributed by atoms with Gasteiger partial charge in [-0.15, -0.1) is 0 Å². The summed E-state index contributed by atoms with van der Waals surface area (Å²) in [4.78, 5) is 28.4. The molecule has 0 fully saturated rings. The summed E-state index contributed by atoms with van der Waals surface area (Å²) in [6, 6.07) is 22.0. The molecule has 134 valence electrons. The molecule has 1 N–H and O–H groups in total. The van der Waals surface area contributed by atoms with Crippen molar-refractivity contribution in [1.29, 1.82) is 0 Å². The first kappa shape index (κ1) is 18.3. The molecule has 3 aromatic rings. The Labute approximate surface area is 158 Å². The Morgan fingerprint density at radius 2 is 1.67 bits per heavy atom. The molecule has 0 radical (unpaired) electrons. The van der Waals surface area contributed by atoms with E-state index in [1.165, 1.54) is 0 Å². The fraction of sp³-hybridized carbons (Fsp3) is 0.0870. The van der Waals surface area contributed by atoms with E-state index in [9.17, 15) is 9.59 Å². The zero-order valence-electron chi connectivity index (χ0n) is 14.8. The van der Waals surface area contributed by atoms with Crippen molar-refractivity contribution in [2.75, 3.05) is 0 Å². The number of rotatable bonds is 7. The van der Waals surface area contributed by atoms with Gasteiger partial charge in [-0.05, 0) is 41.8 Å². The highest BCUT2D eigenvalue weighted by atomic mass is 16.2. The third-order valence-corrected chi connectivity index (χ3v) is 4.11. The van der Waals surface area contributed by atoms with Crippen LogP contribution in [0.25, 0.3) is 12.2 Å². The Hall–Kier alpha value is -3.53. The van der Waals surface area contributed by atoms with Gasteiger partial charge in [0.05, 0.1) is 11.7 Å². The summed E-state index contributed by atoms with van der Waals surface area (Å²) < 4.78 is 0. The number of aldehydes is 1. The SMILES string of the molecule is O=CC(Cc1ccccc1)NC(=O)c1ccccc1C=Cc1ccccn1. The molecule has 0 aliphatic rings. The second-order valence-corrected chi connectivity index (χ2v) is 6.08. The van der Waals surface area contributed by atoms with E-state index in [2.05, 4.69) is 10.3 Å². The predicted octanol–water partition coefficient (Wildman–Crippen LogP) is 3.79. The van der Waals surface area contributed by atoms with E-state index in [1.54, 1.807) is 18.3 Å². The molecule has 27 heavy (non-hydrogen) atoms. The maximum Gasteiger partial charge on any atom is 0.252 e. The molecule has 0 bridgehead atoms. The lowest BCUT2D eigenvalue weighted by atomic mass is 10.0. The minimum atomic E-state index is -0.576. The molecule has 1 aromatic heterocycles. The second kappa shape index (κ2) is 9.25. The van der Waals surface area contributed by atoms with Crippen molar-refractivity contribution in [3.8, 4) is 0 Å². The van der Waals surface area contributed by atoms with Gasteiger partial charge >= 0.3 is 0 Å². The lowest BCUT2D eigenvalue weighted by Crippen LogP contribution is -2.37. The van der Waals surface area contributed by atoms with E-state index in [0.717, 1.165) is 23.1 Å². The molecular weight excluding hydrogens is 336 g/mol. The van der Waals surface area contributed by atoms with E-state index in [0.29, 0.717) is 12.0 Å². The monoisotopic (exact) mass is 356 g/mol. The summed E-state index contributed by atoms with van der Waals surface area (Å²) >= 11 is 0. The lowest BCUT2D eigenvalue weighted by molar-refractivity contribution is -0.109. The van der Waals surface area contributed by atoms with E-state index in [1.807, 2.05) is 72.8 Å². The minimum absolute atomic E-state index is 0.274. The summed E-state index contributed by atoms with van der Waals surface area (Å²) in [5, 5.41) is 2.81. The number of carbonyl (C=O) groups is 2. The number of hydrogen-bond acceptors (Lipinski definition) is 3. The summed E-state index contributed by atoms with van der Waals surface area (Å²) in [7, 11) is 0. The first-order valence-electron chi connectivity index (χ1n) is 8.74. The number of amides is 1. The summed E-state index contributed by atoms with van der Waals surface area (Å²) in [6.45, 7) is 0. The Balaban J connectivity index is 1.74.